The Hall–Kier alpha value is -1.40. The summed E-state index contributed by atoms with van der Waals surface area (Å²) in [6.45, 7) is 1.22. The molecule has 0 aromatic heterocycles. The zero-order valence-corrected chi connectivity index (χ0v) is 12.3. The van der Waals surface area contributed by atoms with Crippen LogP contribution >= 0.6 is 0 Å². The SMILES string of the molecule is CN1C2COCC1CC(C(=O)Cc1cc(F)c(F)c(F)c1)C2. The van der Waals surface area contributed by atoms with Crippen molar-refractivity contribution in [2.45, 2.75) is 31.3 Å². The number of likely N-dealkylation sites (N-methyl/N-ethyl adjacent to an activating group) is 1. The van der Waals surface area contributed by atoms with Gasteiger partial charge in [-0.2, -0.15) is 0 Å². The number of nitrogens with zero attached hydrogens (tertiary/aromatic N) is 1. The Morgan fingerprint density at radius 1 is 1.18 bits per heavy atom. The third-order valence-corrected chi connectivity index (χ3v) is 4.76. The van der Waals surface area contributed by atoms with E-state index in [2.05, 4.69) is 4.90 Å². The van der Waals surface area contributed by atoms with Gasteiger partial charge in [0.05, 0.1) is 13.2 Å². The zero-order chi connectivity index (χ0) is 15.9. The Morgan fingerprint density at radius 2 is 1.73 bits per heavy atom. The summed E-state index contributed by atoms with van der Waals surface area (Å²) in [7, 11) is 2.03. The maximum absolute atomic E-state index is 13.2. The molecule has 2 bridgehead atoms. The first kappa shape index (κ1) is 15.5. The molecule has 2 fully saturated rings. The summed E-state index contributed by atoms with van der Waals surface area (Å²) in [6.07, 6.45) is 1.32. The minimum Gasteiger partial charge on any atom is -0.378 e. The van der Waals surface area contributed by atoms with Crippen LogP contribution in [0.2, 0.25) is 0 Å². The lowest BCUT2D eigenvalue weighted by atomic mass is 9.81. The lowest BCUT2D eigenvalue weighted by Crippen LogP contribution is -2.55. The average molecular weight is 313 g/mol. The van der Waals surface area contributed by atoms with Gasteiger partial charge in [-0.15, -0.1) is 0 Å². The summed E-state index contributed by atoms with van der Waals surface area (Å²) in [6, 6.07) is 2.22. The van der Waals surface area contributed by atoms with Crippen LogP contribution in [0.4, 0.5) is 13.2 Å². The molecule has 2 heterocycles. The number of carbonyl (C=O) groups is 1. The van der Waals surface area contributed by atoms with Crippen molar-refractivity contribution < 1.29 is 22.7 Å². The topological polar surface area (TPSA) is 29.5 Å². The number of carbonyl (C=O) groups excluding carboxylic acids is 1. The van der Waals surface area contributed by atoms with Gasteiger partial charge in [-0.05, 0) is 37.6 Å². The number of hydrogen-bond donors (Lipinski definition) is 0. The minimum absolute atomic E-state index is 0.0459. The van der Waals surface area contributed by atoms with Gasteiger partial charge in [0.25, 0.3) is 0 Å². The van der Waals surface area contributed by atoms with Crippen molar-refractivity contribution >= 4 is 5.78 Å². The number of piperidine rings is 1. The minimum atomic E-state index is -1.50. The maximum atomic E-state index is 13.2. The predicted molar refractivity (Wildman–Crippen MR) is 73.9 cm³/mol. The summed E-state index contributed by atoms with van der Waals surface area (Å²) >= 11 is 0. The van der Waals surface area contributed by atoms with E-state index in [0.29, 0.717) is 26.1 Å². The van der Waals surface area contributed by atoms with Crippen LogP contribution in [-0.2, 0) is 16.0 Å². The second-order valence-corrected chi connectivity index (χ2v) is 6.20. The molecule has 1 aromatic carbocycles. The summed E-state index contributed by atoms with van der Waals surface area (Å²) in [4.78, 5) is 14.7. The molecule has 22 heavy (non-hydrogen) atoms. The van der Waals surface area contributed by atoms with Crippen LogP contribution in [0.25, 0.3) is 0 Å². The second kappa shape index (κ2) is 6.01. The molecule has 2 unspecified atom stereocenters. The van der Waals surface area contributed by atoms with Gasteiger partial charge < -0.3 is 4.74 Å². The van der Waals surface area contributed by atoms with Crippen molar-refractivity contribution in [2.24, 2.45) is 5.92 Å². The van der Waals surface area contributed by atoms with Gasteiger partial charge >= 0.3 is 0 Å². The summed E-state index contributed by atoms with van der Waals surface area (Å²) in [5.74, 6) is -4.18. The van der Waals surface area contributed by atoms with E-state index in [1.54, 1.807) is 0 Å². The largest absolute Gasteiger partial charge is 0.378 e. The van der Waals surface area contributed by atoms with Crippen LogP contribution < -0.4 is 0 Å². The van der Waals surface area contributed by atoms with Gasteiger partial charge in [-0.3, -0.25) is 9.69 Å². The molecule has 0 N–H and O–H groups in total. The smallest absolute Gasteiger partial charge is 0.194 e. The van der Waals surface area contributed by atoms with E-state index < -0.39 is 17.5 Å². The lowest BCUT2D eigenvalue weighted by Gasteiger charge is -2.46. The number of benzene rings is 1. The monoisotopic (exact) mass is 313 g/mol. The maximum Gasteiger partial charge on any atom is 0.194 e. The number of ketones is 1. The molecular formula is C16H18F3NO2. The number of halogens is 3. The van der Waals surface area contributed by atoms with Gasteiger partial charge in [0.1, 0.15) is 5.78 Å². The summed E-state index contributed by atoms with van der Waals surface area (Å²) in [5, 5.41) is 0. The molecule has 3 rings (SSSR count). The lowest BCUT2D eigenvalue weighted by molar-refractivity contribution is -0.130. The van der Waals surface area contributed by atoms with Crippen LogP contribution in [0.15, 0.2) is 12.1 Å². The highest BCUT2D eigenvalue weighted by atomic mass is 19.2. The third-order valence-electron chi connectivity index (χ3n) is 4.76. The molecule has 6 heteroatoms. The number of Topliss-reactive ketones (excluding diaryl/α,β-unsaturated/α-hetero) is 1. The van der Waals surface area contributed by atoms with E-state index >= 15 is 0 Å². The van der Waals surface area contributed by atoms with Crippen molar-refractivity contribution in [1.29, 1.82) is 0 Å². The van der Waals surface area contributed by atoms with E-state index in [9.17, 15) is 18.0 Å². The molecular weight excluding hydrogens is 295 g/mol. The zero-order valence-electron chi connectivity index (χ0n) is 12.3. The Labute approximate surface area is 127 Å². The van der Waals surface area contributed by atoms with E-state index in [1.807, 2.05) is 7.05 Å². The fourth-order valence-corrected chi connectivity index (χ4v) is 3.41. The highest BCUT2D eigenvalue weighted by Gasteiger charge is 2.39. The Balaban J connectivity index is 1.70. The number of ether oxygens (including phenoxy) is 1. The molecule has 0 radical (unpaired) electrons. The second-order valence-electron chi connectivity index (χ2n) is 6.20. The van der Waals surface area contributed by atoms with Crippen LogP contribution in [0.3, 0.4) is 0 Å². The Morgan fingerprint density at radius 3 is 2.27 bits per heavy atom. The van der Waals surface area contributed by atoms with Crippen molar-refractivity contribution in [3.8, 4) is 0 Å². The molecule has 0 saturated carbocycles. The predicted octanol–water partition coefficient (Wildman–Crippen LogP) is 2.32. The van der Waals surface area contributed by atoms with Gasteiger partial charge in [0.2, 0.25) is 0 Å². The summed E-state index contributed by atoms with van der Waals surface area (Å²) in [5.41, 5.74) is 0.182. The van der Waals surface area contributed by atoms with Crippen molar-refractivity contribution in [3.63, 3.8) is 0 Å². The van der Waals surface area contributed by atoms with Crippen molar-refractivity contribution in [1.82, 2.24) is 4.90 Å². The molecule has 1 aromatic rings. The first-order chi connectivity index (χ1) is 10.5. The van der Waals surface area contributed by atoms with E-state index in [-0.39, 0.29) is 35.8 Å². The molecule has 0 amide bonds. The number of rotatable bonds is 3. The van der Waals surface area contributed by atoms with Gasteiger partial charge in [-0.25, -0.2) is 13.2 Å². The first-order valence-electron chi connectivity index (χ1n) is 7.41. The molecule has 2 aliphatic heterocycles. The molecule has 2 atom stereocenters. The average Bonchev–Trinajstić information content (AvgIpc) is 2.44. The van der Waals surface area contributed by atoms with Crippen molar-refractivity contribution in [2.75, 3.05) is 20.3 Å². The fraction of sp³-hybridized carbons (Fsp3) is 0.562. The van der Waals surface area contributed by atoms with Crippen LogP contribution in [-0.4, -0.2) is 43.0 Å². The fourth-order valence-electron chi connectivity index (χ4n) is 3.41. The molecule has 2 saturated heterocycles. The highest BCUT2D eigenvalue weighted by Crippen LogP contribution is 2.31. The summed E-state index contributed by atoms with van der Waals surface area (Å²) < 4.78 is 44.9. The van der Waals surface area contributed by atoms with E-state index in [4.69, 9.17) is 4.74 Å². The van der Waals surface area contributed by atoms with Crippen LogP contribution in [0, 0.1) is 23.4 Å². The molecule has 3 nitrogen and oxygen atoms in total. The molecule has 0 aliphatic carbocycles. The third kappa shape index (κ3) is 2.90. The highest BCUT2D eigenvalue weighted by molar-refractivity contribution is 5.83. The van der Waals surface area contributed by atoms with E-state index in [0.717, 1.165) is 12.1 Å². The van der Waals surface area contributed by atoms with Gasteiger partial charge in [0, 0.05) is 24.4 Å². The first-order valence-corrected chi connectivity index (χ1v) is 7.41. The molecule has 2 aliphatic rings. The van der Waals surface area contributed by atoms with E-state index in [1.165, 1.54) is 0 Å². The van der Waals surface area contributed by atoms with Gasteiger partial charge in [-0.1, -0.05) is 0 Å². The molecule has 0 spiro atoms. The standard InChI is InChI=1S/C16H18F3NO2/c1-20-11-5-10(6-12(20)8-22-7-11)15(21)4-9-2-13(17)16(19)14(18)3-9/h2-3,10-12H,4-8H2,1H3. The Kier molecular flexibility index (Phi) is 4.23. The van der Waals surface area contributed by atoms with Crippen LogP contribution in [0.5, 0.6) is 0 Å². The number of morpholine rings is 1. The Bertz CT molecular complexity index is 556. The van der Waals surface area contributed by atoms with Gasteiger partial charge in [0.15, 0.2) is 17.5 Å². The van der Waals surface area contributed by atoms with Crippen molar-refractivity contribution in [3.05, 3.63) is 35.1 Å². The molecule has 120 valence electrons. The quantitative estimate of drug-likeness (QED) is 0.802. The number of hydrogen-bond acceptors (Lipinski definition) is 3. The number of fused-ring (bicyclic) bond motifs is 2. The normalized spacial score (nSPS) is 28.6. The van der Waals surface area contributed by atoms with Crippen LogP contribution in [0.1, 0.15) is 18.4 Å².